The Labute approximate surface area is 162 Å². The van der Waals surface area contributed by atoms with Gasteiger partial charge in [0.1, 0.15) is 5.56 Å². The van der Waals surface area contributed by atoms with Gasteiger partial charge < -0.3 is 20.1 Å². The topological polar surface area (TPSA) is 95.9 Å². The lowest BCUT2D eigenvalue weighted by Gasteiger charge is -2.20. The number of amides is 2. The van der Waals surface area contributed by atoms with Gasteiger partial charge in [-0.25, -0.2) is 4.79 Å². The van der Waals surface area contributed by atoms with Gasteiger partial charge in [0, 0.05) is 18.7 Å². The lowest BCUT2D eigenvalue weighted by atomic mass is 10.1. The molecule has 1 aliphatic rings. The molecule has 0 bridgehead atoms. The second kappa shape index (κ2) is 7.72. The van der Waals surface area contributed by atoms with E-state index in [0.717, 1.165) is 16.8 Å². The zero-order chi connectivity index (χ0) is 20.4. The highest BCUT2D eigenvalue weighted by atomic mass is 16.5. The van der Waals surface area contributed by atoms with Crippen LogP contribution in [-0.2, 0) is 14.3 Å². The zero-order valence-electron chi connectivity index (χ0n) is 16.0. The number of phenols is 1. The first kappa shape index (κ1) is 19.4. The Morgan fingerprint density at radius 3 is 2.61 bits per heavy atom. The fourth-order valence-electron chi connectivity index (χ4n) is 3.30. The van der Waals surface area contributed by atoms with Gasteiger partial charge >= 0.3 is 5.97 Å². The molecule has 2 aromatic rings. The van der Waals surface area contributed by atoms with Crippen LogP contribution in [0.25, 0.3) is 0 Å². The van der Waals surface area contributed by atoms with Crippen LogP contribution < -0.4 is 10.2 Å². The third-order valence-corrected chi connectivity index (χ3v) is 5.06. The van der Waals surface area contributed by atoms with Crippen molar-refractivity contribution in [2.45, 2.75) is 20.3 Å². The molecule has 1 atom stereocenters. The Balaban J connectivity index is 1.77. The van der Waals surface area contributed by atoms with Crippen molar-refractivity contribution < 1.29 is 24.2 Å². The van der Waals surface area contributed by atoms with Crippen molar-refractivity contribution in [1.82, 2.24) is 0 Å². The van der Waals surface area contributed by atoms with E-state index in [0.29, 0.717) is 0 Å². The minimum absolute atomic E-state index is 0.0418. The number of nitrogens with one attached hydrogen (secondary N) is 1. The fourth-order valence-corrected chi connectivity index (χ4v) is 3.30. The maximum Gasteiger partial charge on any atom is 0.341 e. The second-order valence-electron chi connectivity index (χ2n) is 6.81. The van der Waals surface area contributed by atoms with E-state index < -0.39 is 17.8 Å². The molecule has 1 unspecified atom stereocenters. The van der Waals surface area contributed by atoms with Crippen molar-refractivity contribution in [3.63, 3.8) is 0 Å². The van der Waals surface area contributed by atoms with Gasteiger partial charge in [0.05, 0.1) is 18.7 Å². The fraction of sp³-hybridized carbons (Fsp3) is 0.286. The van der Waals surface area contributed by atoms with Crippen LogP contribution in [0.4, 0.5) is 11.4 Å². The summed E-state index contributed by atoms with van der Waals surface area (Å²) in [6, 6.07) is 10.1. The quantitative estimate of drug-likeness (QED) is 0.626. The molecule has 0 saturated carbocycles. The maximum atomic E-state index is 12.7. The summed E-state index contributed by atoms with van der Waals surface area (Å²) in [5.74, 6) is -2.14. The minimum Gasteiger partial charge on any atom is -0.505 e. The lowest BCUT2D eigenvalue weighted by Crippen LogP contribution is -2.28. The van der Waals surface area contributed by atoms with Crippen molar-refractivity contribution >= 4 is 29.2 Å². The van der Waals surface area contributed by atoms with Gasteiger partial charge in [-0.05, 0) is 43.2 Å². The van der Waals surface area contributed by atoms with Gasteiger partial charge in [0.15, 0.2) is 5.75 Å². The highest BCUT2D eigenvalue weighted by Crippen LogP contribution is 2.32. The summed E-state index contributed by atoms with van der Waals surface area (Å²) < 4.78 is 4.61. The van der Waals surface area contributed by atoms with Crippen LogP contribution in [0.15, 0.2) is 36.4 Å². The van der Waals surface area contributed by atoms with Crippen molar-refractivity contribution in [3.05, 3.63) is 53.1 Å². The molecular weight excluding hydrogens is 360 g/mol. The van der Waals surface area contributed by atoms with E-state index in [2.05, 4.69) is 10.1 Å². The van der Waals surface area contributed by atoms with Crippen LogP contribution in [0.1, 0.15) is 27.9 Å². The predicted molar refractivity (Wildman–Crippen MR) is 104 cm³/mol. The van der Waals surface area contributed by atoms with Crippen molar-refractivity contribution in [1.29, 1.82) is 0 Å². The number of benzene rings is 2. The SMILES string of the molecule is COC(=O)c1cccc(NC(=O)C2CC(=O)N(c3cccc(C)c3C)C2)c1O. The van der Waals surface area contributed by atoms with Crippen molar-refractivity contribution in [3.8, 4) is 5.75 Å². The second-order valence-corrected chi connectivity index (χ2v) is 6.81. The number of para-hydroxylation sites is 1. The number of carbonyl (C=O) groups is 3. The highest BCUT2D eigenvalue weighted by molar-refractivity contribution is 6.05. The van der Waals surface area contributed by atoms with Crippen molar-refractivity contribution in [2.75, 3.05) is 23.9 Å². The molecule has 2 aromatic carbocycles. The standard InChI is InChI=1S/C21H22N2O5/c1-12-6-4-9-17(13(12)2)23-11-14(10-18(23)24)20(26)22-16-8-5-7-15(19(16)25)21(27)28-3/h4-9,14,25H,10-11H2,1-3H3,(H,22,26). The largest absolute Gasteiger partial charge is 0.505 e. The number of hydrogen-bond donors (Lipinski definition) is 2. The minimum atomic E-state index is -0.703. The molecule has 7 nitrogen and oxygen atoms in total. The maximum absolute atomic E-state index is 12.7. The number of rotatable bonds is 4. The van der Waals surface area contributed by atoms with E-state index >= 15 is 0 Å². The van der Waals surface area contributed by atoms with Gasteiger partial charge in [-0.15, -0.1) is 0 Å². The lowest BCUT2D eigenvalue weighted by molar-refractivity contribution is -0.122. The van der Waals surface area contributed by atoms with E-state index in [4.69, 9.17) is 0 Å². The molecule has 2 amide bonds. The van der Waals surface area contributed by atoms with Crippen molar-refractivity contribution in [2.24, 2.45) is 5.92 Å². The molecule has 1 saturated heterocycles. The molecule has 0 aromatic heterocycles. The van der Waals surface area contributed by atoms with E-state index in [1.54, 1.807) is 4.90 Å². The average Bonchev–Trinajstić information content (AvgIpc) is 3.06. The van der Waals surface area contributed by atoms with Gasteiger partial charge in [-0.1, -0.05) is 18.2 Å². The monoisotopic (exact) mass is 382 g/mol. The molecule has 7 heteroatoms. The first-order valence-electron chi connectivity index (χ1n) is 8.91. The van der Waals surface area contributed by atoms with Crippen LogP contribution >= 0.6 is 0 Å². The number of methoxy groups -OCH3 is 1. The van der Waals surface area contributed by atoms with Gasteiger partial charge in [0.25, 0.3) is 0 Å². The number of aryl methyl sites for hydroxylation is 1. The summed E-state index contributed by atoms with van der Waals surface area (Å²) in [6.45, 7) is 4.18. The smallest absolute Gasteiger partial charge is 0.341 e. The summed E-state index contributed by atoms with van der Waals surface area (Å²) in [5, 5.41) is 12.9. The molecule has 0 radical (unpaired) electrons. The summed E-state index contributed by atoms with van der Waals surface area (Å²) in [7, 11) is 1.21. The highest BCUT2D eigenvalue weighted by Gasteiger charge is 2.36. The Morgan fingerprint density at radius 2 is 1.89 bits per heavy atom. The molecule has 0 spiro atoms. The molecular formula is C21H22N2O5. The first-order chi connectivity index (χ1) is 13.3. The van der Waals surface area contributed by atoms with Gasteiger partial charge in [-0.2, -0.15) is 0 Å². The van der Waals surface area contributed by atoms with Gasteiger partial charge in [0.2, 0.25) is 11.8 Å². The molecule has 1 fully saturated rings. The molecule has 2 N–H and O–H groups in total. The number of ether oxygens (including phenoxy) is 1. The molecule has 0 aliphatic carbocycles. The van der Waals surface area contributed by atoms with Crippen LogP contribution in [0.3, 0.4) is 0 Å². The number of esters is 1. The Hall–Kier alpha value is -3.35. The Bertz CT molecular complexity index is 954. The van der Waals surface area contributed by atoms with Crippen LogP contribution in [0, 0.1) is 19.8 Å². The number of nitrogens with zero attached hydrogens (tertiary/aromatic N) is 1. The molecule has 28 heavy (non-hydrogen) atoms. The Kier molecular flexibility index (Phi) is 5.35. The number of hydrogen-bond acceptors (Lipinski definition) is 5. The third kappa shape index (κ3) is 3.55. The van der Waals surface area contributed by atoms with E-state index in [9.17, 15) is 19.5 Å². The van der Waals surface area contributed by atoms with E-state index in [1.807, 2.05) is 32.0 Å². The molecule has 3 rings (SSSR count). The summed E-state index contributed by atoms with van der Waals surface area (Å²) in [4.78, 5) is 38.5. The third-order valence-electron chi connectivity index (χ3n) is 5.06. The number of anilines is 2. The summed E-state index contributed by atoms with van der Waals surface area (Å²) in [6.07, 6.45) is 0.0800. The van der Waals surface area contributed by atoms with Crippen LogP contribution in [0.2, 0.25) is 0 Å². The molecule has 1 heterocycles. The number of carbonyl (C=O) groups excluding carboxylic acids is 3. The van der Waals surface area contributed by atoms with Crippen LogP contribution in [-0.4, -0.2) is 36.5 Å². The zero-order valence-corrected chi connectivity index (χ0v) is 16.0. The first-order valence-corrected chi connectivity index (χ1v) is 8.91. The summed E-state index contributed by atoms with van der Waals surface area (Å²) >= 11 is 0. The number of aromatic hydroxyl groups is 1. The molecule has 1 aliphatic heterocycles. The van der Waals surface area contributed by atoms with E-state index in [1.165, 1.54) is 25.3 Å². The Morgan fingerprint density at radius 1 is 1.18 bits per heavy atom. The van der Waals surface area contributed by atoms with E-state index in [-0.39, 0.29) is 35.9 Å². The van der Waals surface area contributed by atoms with Gasteiger partial charge in [-0.3, -0.25) is 9.59 Å². The van der Waals surface area contributed by atoms with Crippen LogP contribution in [0.5, 0.6) is 5.75 Å². The molecule has 146 valence electrons. The number of phenolic OH excluding ortho intramolecular Hbond substituents is 1. The normalized spacial score (nSPS) is 16.2. The summed E-state index contributed by atoms with van der Waals surface area (Å²) in [5.41, 5.74) is 2.93. The average molecular weight is 382 g/mol. The predicted octanol–water partition coefficient (Wildman–Crippen LogP) is 2.79.